The van der Waals surface area contributed by atoms with Crippen LogP contribution in [0.4, 0.5) is 0 Å². The molecule has 0 spiro atoms. The molecule has 1 aromatic rings. The number of rotatable bonds is 6. The van der Waals surface area contributed by atoms with Crippen LogP contribution < -0.4 is 10.1 Å². The second-order valence-electron chi connectivity index (χ2n) is 3.71. The Bertz CT molecular complexity index is 344. The molecule has 88 valence electrons. The summed E-state index contributed by atoms with van der Waals surface area (Å²) in [6.07, 6.45) is 3.30. The van der Waals surface area contributed by atoms with Crippen molar-refractivity contribution < 1.29 is 4.74 Å². The van der Waals surface area contributed by atoms with Crippen LogP contribution in [0.25, 0.3) is 6.08 Å². The fraction of sp³-hybridized carbons (Fsp3) is 0.429. The Kier molecular flexibility index (Phi) is 5.65. The Labute approximate surface area is 98.3 Å². The van der Waals surface area contributed by atoms with Gasteiger partial charge in [0.1, 0.15) is 5.75 Å². The van der Waals surface area contributed by atoms with Gasteiger partial charge in [0.15, 0.2) is 0 Å². The molecule has 0 aliphatic rings. The molecule has 1 rings (SSSR count). The predicted octanol–water partition coefficient (Wildman–Crippen LogP) is 3.10. The largest absolute Gasteiger partial charge is 0.497 e. The summed E-state index contributed by atoms with van der Waals surface area (Å²) in [7, 11) is 1.70. The summed E-state index contributed by atoms with van der Waals surface area (Å²) in [6, 6.07) is 8.14. The van der Waals surface area contributed by atoms with E-state index < -0.39 is 0 Å². The third-order valence-electron chi connectivity index (χ3n) is 2.52. The van der Waals surface area contributed by atoms with E-state index in [-0.39, 0.29) is 0 Å². The van der Waals surface area contributed by atoms with Crippen LogP contribution in [0.1, 0.15) is 25.8 Å². The molecule has 0 fully saturated rings. The van der Waals surface area contributed by atoms with E-state index in [9.17, 15) is 0 Å². The monoisotopic (exact) mass is 219 g/mol. The van der Waals surface area contributed by atoms with E-state index in [1.165, 1.54) is 11.1 Å². The zero-order valence-electron chi connectivity index (χ0n) is 10.4. The van der Waals surface area contributed by atoms with Crippen molar-refractivity contribution in [2.45, 2.75) is 20.3 Å². The molecule has 0 saturated carbocycles. The van der Waals surface area contributed by atoms with Crippen LogP contribution in [0.2, 0.25) is 0 Å². The number of ether oxygens (including phenoxy) is 1. The average molecular weight is 219 g/mol. The van der Waals surface area contributed by atoms with Gasteiger partial charge in [-0.25, -0.2) is 0 Å². The van der Waals surface area contributed by atoms with E-state index in [0.29, 0.717) is 0 Å². The lowest BCUT2D eigenvalue weighted by Crippen LogP contribution is -2.15. The van der Waals surface area contributed by atoms with Crippen molar-refractivity contribution in [2.24, 2.45) is 0 Å². The Morgan fingerprint density at radius 3 is 2.81 bits per heavy atom. The lowest BCUT2D eigenvalue weighted by Gasteiger charge is -2.06. The molecule has 0 radical (unpaired) electrons. The minimum absolute atomic E-state index is 0.910. The highest BCUT2D eigenvalue weighted by Gasteiger charge is 1.96. The topological polar surface area (TPSA) is 21.3 Å². The van der Waals surface area contributed by atoms with Crippen LogP contribution in [0, 0.1) is 0 Å². The number of hydrogen-bond donors (Lipinski definition) is 1. The number of methoxy groups -OCH3 is 1. The van der Waals surface area contributed by atoms with Crippen molar-refractivity contribution in [3.05, 3.63) is 35.4 Å². The first-order chi connectivity index (χ1) is 7.80. The molecule has 0 saturated heterocycles. The maximum atomic E-state index is 5.21. The van der Waals surface area contributed by atoms with Gasteiger partial charge in [-0.3, -0.25) is 0 Å². The molecule has 0 aliphatic carbocycles. The third-order valence-corrected chi connectivity index (χ3v) is 2.52. The first-order valence-corrected chi connectivity index (χ1v) is 5.84. The van der Waals surface area contributed by atoms with Crippen molar-refractivity contribution in [3.8, 4) is 5.75 Å². The van der Waals surface area contributed by atoms with Gasteiger partial charge in [0.25, 0.3) is 0 Å². The molecule has 0 bridgehead atoms. The summed E-state index contributed by atoms with van der Waals surface area (Å²) < 4.78 is 5.21. The summed E-state index contributed by atoms with van der Waals surface area (Å²) in [5, 5.41) is 3.35. The van der Waals surface area contributed by atoms with Gasteiger partial charge in [0, 0.05) is 6.54 Å². The van der Waals surface area contributed by atoms with Gasteiger partial charge in [0.05, 0.1) is 7.11 Å². The van der Waals surface area contributed by atoms with Crippen molar-refractivity contribution in [2.75, 3.05) is 20.2 Å². The van der Waals surface area contributed by atoms with Gasteiger partial charge in [-0.2, -0.15) is 0 Å². The summed E-state index contributed by atoms with van der Waals surface area (Å²) in [6.45, 7) is 6.28. The molecule has 0 atom stereocenters. The summed E-state index contributed by atoms with van der Waals surface area (Å²) in [5.41, 5.74) is 2.62. The summed E-state index contributed by atoms with van der Waals surface area (Å²) in [4.78, 5) is 0. The van der Waals surface area contributed by atoms with Gasteiger partial charge in [0.2, 0.25) is 0 Å². The molecular weight excluding hydrogens is 198 g/mol. The lowest BCUT2D eigenvalue weighted by molar-refractivity contribution is 0.414. The Balaban J connectivity index is 2.77. The second kappa shape index (κ2) is 7.07. The zero-order valence-corrected chi connectivity index (χ0v) is 10.4. The van der Waals surface area contributed by atoms with Crippen LogP contribution in [0.15, 0.2) is 29.8 Å². The van der Waals surface area contributed by atoms with E-state index in [1.807, 2.05) is 12.1 Å². The first kappa shape index (κ1) is 12.8. The van der Waals surface area contributed by atoms with Crippen LogP contribution in [0.5, 0.6) is 5.75 Å². The van der Waals surface area contributed by atoms with Crippen molar-refractivity contribution in [3.63, 3.8) is 0 Å². The number of likely N-dealkylation sites (N-methyl/N-ethyl adjacent to an activating group) is 1. The van der Waals surface area contributed by atoms with Gasteiger partial charge >= 0.3 is 0 Å². The van der Waals surface area contributed by atoms with Crippen molar-refractivity contribution in [1.29, 1.82) is 0 Å². The maximum absolute atomic E-state index is 5.21. The molecule has 1 aromatic carbocycles. The minimum atomic E-state index is 0.910. The molecule has 0 aromatic heterocycles. The zero-order chi connectivity index (χ0) is 11.8. The average Bonchev–Trinajstić information content (AvgIpc) is 2.34. The van der Waals surface area contributed by atoms with E-state index in [4.69, 9.17) is 4.74 Å². The van der Waals surface area contributed by atoms with E-state index in [1.54, 1.807) is 7.11 Å². The molecule has 0 amide bonds. The van der Waals surface area contributed by atoms with E-state index in [0.717, 1.165) is 25.3 Å². The highest BCUT2D eigenvalue weighted by atomic mass is 16.5. The third kappa shape index (κ3) is 4.07. The van der Waals surface area contributed by atoms with Crippen LogP contribution in [-0.4, -0.2) is 20.2 Å². The van der Waals surface area contributed by atoms with Crippen LogP contribution >= 0.6 is 0 Å². The number of benzene rings is 1. The smallest absolute Gasteiger partial charge is 0.119 e. The minimum Gasteiger partial charge on any atom is -0.497 e. The fourth-order valence-electron chi connectivity index (χ4n) is 1.53. The van der Waals surface area contributed by atoms with Gasteiger partial charge < -0.3 is 10.1 Å². The molecular formula is C14H21NO. The van der Waals surface area contributed by atoms with Gasteiger partial charge in [-0.05, 0) is 30.7 Å². The van der Waals surface area contributed by atoms with E-state index in [2.05, 4.69) is 37.4 Å². The fourth-order valence-corrected chi connectivity index (χ4v) is 1.53. The molecule has 0 heterocycles. The maximum Gasteiger partial charge on any atom is 0.119 e. The number of nitrogens with one attached hydrogen (secondary N) is 1. The molecule has 0 aliphatic heterocycles. The normalized spacial score (nSPS) is 11.6. The Morgan fingerprint density at radius 1 is 1.38 bits per heavy atom. The van der Waals surface area contributed by atoms with Crippen LogP contribution in [0.3, 0.4) is 0 Å². The molecule has 2 nitrogen and oxygen atoms in total. The Hall–Kier alpha value is -1.28. The van der Waals surface area contributed by atoms with Crippen molar-refractivity contribution >= 4 is 6.08 Å². The molecule has 1 N–H and O–H groups in total. The van der Waals surface area contributed by atoms with Gasteiger partial charge in [-0.1, -0.05) is 37.6 Å². The molecule has 2 heteroatoms. The van der Waals surface area contributed by atoms with Crippen LogP contribution in [-0.2, 0) is 0 Å². The van der Waals surface area contributed by atoms with Crippen molar-refractivity contribution in [1.82, 2.24) is 5.32 Å². The second-order valence-corrected chi connectivity index (χ2v) is 3.71. The molecule has 0 unspecified atom stereocenters. The predicted molar refractivity (Wildman–Crippen MR) is 69.8 cm³/mol. The highest BCUT2D eigenvalue weighted by molar-refractivity contribution is 5.55. The van der Waals surface area contributed by atoms with E-state index >= 15 is 0 Å². The first-order valence-electron chi connectivity index (χ1n) is 5.84. The SMILES string of the molecule is CCNCC(=Cc1cccc(OC)c1)CC. The summed E-state index contributed by atoms with van der Waals surface area (Å²) in [5.74, 6) is 0.910. The quantitative estimate of drug-likeness (QED) is 0.793. The highest BCUT2D eigenvalue weighted by Crippen LogP contribution is 2.16. The standard InChI is InChI=1S/C14H21NO/c1-4-12(11-15-5-2)9-13-7-6-8-14(10-13)16-3/h6-10,15H,4-5,11H2,1-3H3. The Morgan fingerprint density at radius 2 is 2.19 bits per heavy atom. The molecule has 16 heavy (non-hydrogen) atoms. The van der Waals surface area contributed by atoms with Gasteiger partial charge in [-0.15, -0.1) is 0 Å². The lowest BCUT2D eigenvalue weighted by atomic mass is 10.1. The summed E-state index contributed by atoms with van der Waals surface area (Å²) >= 11 is 0. The number of hydrogen-bond acceptors (Lipinski definition) is 2.